The molecule has 6 N–H and O–H groups in total. The first kappa shape index (κ1) is 29.7. The molecule has 2 heterocycles. The summed E-state index contributed by atoms with van der Waals surface area (Å²) in [6.45, 7) is 1.06. The second-order valence-electron chi connectivity index (χ2n) is 8.89. The van der Waals surface area contributed by atoms with Crippen LogP contribution >= 0.6 is 12.4 Å². The molecule has 10 nitrogen and oxygen atoms in total. The number of hydrogen-bond donors (Lipinski definition) is 4. The van der Waals surface area contributed by atoms with Gasteiger partial charge >= 0.3 is 5.97 Å². The van der Waals surface area contributed by atoms with Gasteiger partial charge in [0.2, 0.25) is 11.8 Å². The van der Waals surface area contributed by atoms with Crippen LogP contribution in [0.15, 0.2) is 47.6 Å². The maximum Gasteiger partial charge on any atom is 0.328 e. The number of unbranched alkanes of at least 4 members (excludes halogenated alkanes) is 1. The summed E-state index contributed by atoms with van der Waals surface area (Å²) in [6.07, 6.45) is 9.61. The predicted molar refractivity (Wildman–Crippen MR) is 146 cm³/mol. The second kappa shape index (κ2) is 14.9. The summed E-state index contributed by atoms with van der Waals surface area (Å²) < 4.78 is 7.05. The number of rotatable bonds is 6. The number of nitrogens with zero attached hydrogens (tertiary/aromatic N) is 2. The number of ether oxygens (including phenoxy) is 1. The first-order valence-electron chi connectivity index (χ1n) is 12.3. The second-order valence-corrected chi connectivity index (χ2v) is 8.89. The molecule has 3 rings (SSSR count). The van der Waals surface area contributed by atoms with Gasteiger partial charge in [-0.25, -0.2) is 4.79 Å². The van der Waals surface area contributed by atoms with Gasteiger partial charge in [0.25, 0.3) is 0 Å². The Morgan fingerprint density at radius 1 is 1.14 bits per heavy atom. The Morgan fingerprint density at radius 3 is 2.68 bits per heavy atom. The lowest BCUT2D eigenvalue weighted by Gasteiger charge is -2.22. The molecule has 0 unspecified atom stereocenters. The fourth-order valence-corrected chi connectivity index (χ4v) is 4.37. The van der Waals surface area contributed by atoms with Gasteiger partial charge < -0.3 is 31.4 Å². The van der Waals surface area contributed by atoms with E-state index in [1.165, 1.54) is 18.1 Å². The maximum absolute atomic E-state index is 13.1. The monoisotopic (exact) mass is 532 g/mol. The van der Waals surface area contributed by atoms with E-state index in [1.54, 1.807) is 0 Å². The number of nitrogens with two attached hydrogens (primary N) is 2. The number of fused-ring (bicyclic) bond motifs is 5. The van der Waals surface area contributed by atoms with Crippen molar-refractivity contribution in [1.82, 2.24) is 15.2 Å². The van der Waals surface area contributed by atoms with Crippen LogP contribution in [0, 0.1) is 0 Å². The lowest BCUT2D eigenvalue weighted by atomic mass is 10.1. The fraction of sp³-hybridized carbons (Fsp3) is 0.462. The molecule has 0 radical (unpaired) electrons. The molecule has 11 heteroatoms. The van der Waals surface area contributed by atoms with Gasteiger partial charge in [-0.3, -0.25) is 14.6 Å². The van der Waals surface area contributed by atoms with Crippen molar-refractivity contribution in [2.45, 2.75) is 63.6 Å². The number of carbonyl (C=O) groups is 3. The topological polar surface area (TPSA) is 154 Å². The van der Waals surface area contributed by atoms with Crippen molar-refractivity contribution in [2.75, 3.05) is 13.7 Å². The van der Waals surface area contributed by atoms with Crippen molar-refractivity contribution in [3.05, 3.63) is 48.2 Å². The number of methoxy groups -OCH3 is 1. The van der Waals surface area contributed by atoms with Crippen molar-refractivity contribution >= 4 is 47.1 Å². The van der Waals surface area contributed by atoms with E-state index in [0.717, 1.165) is 11.9 Å². The predicted octanol–water partition coefficient (Wildman–Crippen LogP) is 1.93. The summed E-state index contributed by atoms with van der Waals surface area (Å²) >= 11 is 0. The van der Waals surface area contributed by atoms with Crippen LogP contribution in [-0.2, 0) is 32.1 Å². The number of aromatic nitrogens is 1. The maximum atomic E-state index is 13.1. The van der Waals surface area contributed by atoms with Gasteiger partial charge in [0.15, 0.2) is 5.96 Å². The third kappa shape index (κ3) is 8.82. The van der Waals surface area contributed by atoms with E-state index in [0.29, 0.717) is 38.8 Å². The molecular weight excluding hydrogens is 496 g/mol. The fourth-order valence-electron chi connectivity index (χ4n) is 4.37. The van der Waals surface area contributed by atoms with Gasteiger partial charge in [0, 0.05) is 36.6 Å². The first-order chi connectivity index (χ1) is 17.4. The summed E-state index contributed by atoms with van der Waals surface area (Å²) in [4.78, 5) is 42.1. The van der Waals surface area contributed by atoms with Crippen LogP contribution in [0.4, 0.5) is 0 Å². The lowest BCUT2D eigenvalue weighted by Crippen LogP contribution is -2.51. The zero-order chi connectivity index (χ0) is 25.9. The molecule has 0 spiro atoms. The molecule has 2 aromatic rings. The molecule has 1 aromatic heterocycles. The van der Waals surface area contributed by atoms with Crippen LogP contribution in [0.1, 0.15) is 44.1 Å². The summed E-state index contributed by atoms with van der Waals surface area (Å²) in [5, 5.41) is 6.77. The van der Waals surface area contributed by atoms with Crippen LogP contribution in [0.3, 0.4) is 0 Å². The summed E-state index contributed by atoms with van der Waals surface area (Å²) in [5.74, 6) is -1.15. The minimum absolute atomic E-state index is 0. The van der Waals surface area contributed by atoms with Gasteiger partial charge in [-0.15, -0.1) is 12.4 Å². The average molecular weight is 533 g/mol. The summed E-state index contributed by atoms with van der Waals surface area (Å²) in [6, 6.07) is 6.54. The molecule has 2 bridgehead atoms. The van der Waals surface area contributed by atoms with Crippen LogP contribution < -0.4 is 22.1 Å². The van der Waals surface area contributed by atoms with E-state index in [9.17, 15) is 14.4 Å². The van der Waals surface area contributed by atoms with Crippen molar-refractivity contribution in [3.63, 3.8) is 0 Å². The Kier molecular flexibility index (Phi) is 12.0. The quantitative estimate of drug-likeness (QED) is 0.146. The van der Waals surface area contributed by atoms with Crippen molar-refractivity contribution < 1.29 is 19.1 Å². The molecular formula is C26H37ClN6O4. The van der Waals surface area contributed by atoms with Gasteiger partial charge in [0.1, 0.15) is 12.1 Å². The Labute approximate surface area is 223 Å². The van der Waals surface area contributed by atoms with E-state index in [1.807, 2.05) is 24.3 Å². The number of hydrogen-bond acceptors (Lipinski definition) is 5. The van der Waals surface area contributed by atoms with Crippen LogP contribution in [-0.4, -0.2) is 54.0 Å². The highest BCUT2D eigenvalue weighted by Crippen LogP contribution is 2.23. The molecule has 1 aliphatic heterocycles. The summed E-state index contributed by atoms with van der Waals surface area (Å²) in [7, 11) is 1.29. The smallest absolute Gasteiger partial charge is 0.328 e. The Bertz CT molecular complexity index is 1130. The highest BCUT2D eigenvalue weighted by molar-refractivity contribution is 5.91. The molecule has 0 saturated carbocycles. The number of nitrogens with one attached hydrogen (secondary N) is 2. The number of halogens is 1. The number of esters is 1. The van der Waals surface area contributed by atoms with Crippen LogP contribution in [0.5, 0.6) is 0 Å². The lowest BCUT2D eigenvalue weighted by molar-refractivity contribution is -0.145. The average Bonchev–Trinajstić information content (AvgIpc) is 3.21. The van der Waals surface area contributed by atoms with Crippen LogP contribution in [0.25, 0.3) is 10.9 Å². The number of carbonyl (C=O) groups excluding carboxylic acids is 3. The van der Waals surface area contributed by atoms with Gasteiger partial charge in [-0.2, -0.15) is 0 Å². The standard InChI is InChI=1S/C26H36N6O4.ClH/c1-36-25(35)21-12-5-7-16-32-17-18(19-10-2-3-13-22(19)32)9-8-14-23(33)30-20(24(34)31-21)11-4-6-15-29-26(27)28;/h2-3,5,7,10,13,17,20-21H,4,6,8-9,11-12,14-16H2,1H3,(H,30,33)(H,31,34)(H4,27,28,29);1H/b7-5-;/t20-,21+;/m1./s1. The van der Waals surface area contributed by atoms with Gasteiger partial charge in [-0.1, -0.05) is 30.4 Å². The Hall–Kier alpha value is -3.53. The number of para-hydroxylation sites is 1. The normalized spacial score (nSPS) is 19.7. The number of guanidine groups is 1. The van der Waals surface area contributed by atoms with Gasteiger partial charge in [0.05, 0.1) is 7.11 Å². The number of allylic oxidation sites excluding steroid dienone is 1. The van der Waals surface area contributed by atoms with E-state index in [2.05, 4.69) is 38.5 Å². The molecule has 0 fully saturated rings. The third-order valence-corrected chi connectivity index (χ3v) is 6.21. The van der Waals surface area contributed by atoms with Crippen LogP contribution in [0.2, 0.25) is 0 Å². The van der Waals surface area contributed by atoms with E-state index >= 15 is 0 Å². The molecule has 1 aromatic carbocycles. The molecule has 2 atom stereocenters. The zero-order valence-electron chi connectivity index (χ0n) is 21.2. The molecule has 1 aliphatic rings. The van der Waals surface area contributed by atoms with E-state index in [4.69, 9.17) is 16.2 Å². The number of aryl methyl sites for hydroxylation is 1. The van der Waals surface area contributed by atoms with E-state index in [-0.39, 0.29) is 37.1 Å². The number of amides is 2. The summed E-state index contributed by atoms with van der Waals surface area (Å²) in [5.41, 5.74) is 13.0. The van der Waals surface area contributed by atoms with Crippen molar-refractivity contribution in [3.8, 4) is 0 Å². The molecule has 2 amide bonds. The molecule has 0 saturated heterocycles. The number of aliphatic imine (C=N–C) groups is 1. The zero-order valence-corrected chi connectivity index (χ0v) is 22.0. The SMILES string of the molecule is COC(=O)[C@@H]1C/C=C\Cn2cc(c3ccccc32)CCCC(=O)N[C@H](CCCCN=C(N)N)C(=O)N1.Cl. The molecule has 37 heavy (non-hydrogen) atoms. The van der Waals surface area contributed by atoms with E-state index < -0.39 is 24.0 Å². The Morgan fingerprint density at radius 2 is 1.92 bits per heavy atom. The largest absolute Gasteiger partial charge is 0.467 e. The number of benzene rings is 1. The van der Waals surface area contributed by atoms with Crippen molar-refractivity contribution in [2.24, 2.45) is 16.5 Å². The minimum atomic E-state index is -0.857. The highest BCUT2D eigenvalue weighted by atomic mass is 35.5. The molecule has 0 aliphatic carbocycles. The highest BCUT2D eigenvalue weighted by Gasteiger charge is 2.26. The van der Waals surface area contributed by atoms with Crippen molar-refractivity contribution in [1.29, 1.82) is 0 Å². The first-order valence-corrected chi connectivity index (χ1v) is 12.3. The Balaban J connectivity index is 0.00000481. The molecule has 202 valence electrons. The minimum Gasteiger partial charge on any atom is -0.467 e. The third-order valence-electron chi connectivity index (χ3n) is 6.21. The van der Waals surface area contributed by atoms with Gasteiger partial charge in [-0.05, 0) is 50.2 Å².